The van der Waals surface area contributed by atoms with Crippen LogP contribution >= 0.6 is 0 Å². The highest BCUT2D eigenvalue weighted by molar-refractivity contribution is 7.89. The highest BCUT2D eigenvalue weighted by Gasteiger charge is 2.31. The lowest BCUT2D eigenvalue weighted by Crippen LogP contribution is -2.33. The lowest BCUT2D eigenvalue weighted by atomic mass is 9.98. The average Bonchev–Trinajstić information content (AvgIpc) is 2.54. The van der Waals surface area contributed by atoms with Gasteiger partial charge in [0, 0.05) is 13.1 Å². The second-order valence-electron chi connectivity index (χ2n) is 5.48. The lowest BCUT2D eigenvalue weighted by Gasteiger charge is -2.22. The summed E-state index contributed by atoms with van der Waals surface area (Å²) >= 11 is 0. The fraction of sp³-hybridized carbons (Fsp3) is 0.538. The molecule has 1 aromatic rings. The van der Waals surface area contributed by atoms with E-state index >= 15 is 0 Å². The van der Waals surface area contributed by atoms with Crippen molar-refractivity contribution in [2.45, 2.75) is 36.7 Å². The van der Waals surface area contributed by atoms with Gasteiger partial charge in [0.15, 0.2) is 0 Å². The molecule has 2 rings (SSSR count). The number of aromatic hydroxyl groups is 1. The van der Waals surface area contributed by atoms with Crippen LogP contribution in [0.1, 0.15) is 26.2 Å². The molecule has 7 heteroatoms. The molecule has 0 bridgehead atoms. The maximum Gasteiger partial charge on any atom is 0.243 e. The van der Waals surface area contributed by atoms with Crippen LogP contribution in [0.25, 0.3) is 0 Å². The Morgan fingerprint density at radius 3 is 2.65 bits per heavy atom. The first kappa shape index (κ1) is 15.1. The molecule has 0 radical (unpaired) electrons. The van der Waals surface area contributed by atoms with E-state index in [1.54, 1.807) is 6.92 Å². The minimum Gasteiger partial charge on any atom is -0.506 e. The highest BCUT2D eigenvalue weighted by Crippen LogP contribution is 2.28. The quantitative estimate of drug-likeness (QED) is 0.556. The second-order valence-corrected chi connectivity index (χ2v) is 7.41. The van der Waals surface area contributed by atoms with E-state index in [0.717, 1.165) is 0 Å². The van der Waals surface area contributed by atoms with Crippen LogP contribution in [0.5, 0.6) is 5.75 Å². The lowest BCUT2D eigenvalue weighted by molar-refractivity contribution is 0.0465. The van der Waals surface area contributed by atoms with Gasteiger partial charge >= 0.3 is 0 Å². The van der Waals surface area contributed by atoms with Crippen LogP contribution < -0.4 is 5.73 Å². The Balaban J connectivity index is 2.28. The smallest absolute Gasteiger partial charge is 0.243 e. The van der Waals surface area contributed by atoms with Crippen LogP contribution in [0.2, 0.25) is 0 Å². The third-order valence-electron chi connectivity index (χ3n) is 3.66. The number of nitrogens with two attached hydrogens (primary N) is 1. The molecule has 112 valence electrons. The third-order valence-corrected chi connectivity index (χ3v) is 5.55. The zero-order valence-electron chi connectivity index (χ0n) is 11.4. The summed E-state index contributed by atoms with van der Waals surface area (Å²) in [5.41, 5.74) is 4.76. The van der Waals surface area contributed by atoms with Crippen LogP contribution in [0, 0.1) is 0 Å². The van der Waals surface area contributed by atoms with Crippen molar-refractivity contribution in [1.29, 1.82) is 0 Å². The van der Waals surface area contributed by atoms with E-state index in [2.05, 4.69) is 0 Å². The number of aliphatic hydroxyl groups is 1. The van der Waals surface area contributed by atoms with Gasteiger partial charge in [-0.05, 0) is 44.4 Å². The summed E-state index contributed by atoms with van der Waals surface area (Å²) in [4.78, 5) is 0.0642. The number of benzene rings is 1. The molecule has 1 aromatic carbocycles. The molecule has 0 saturated carbocycles. The van der Waals surface area contributed by atoms with E-state index in [0.29, 0.717) is 25.8 Å². The second kappa shape index (κ2) is 5.23. The number of phenolic OH excluding ortho intramolecular Hbond substituents is 1. The Kier molecular flexibility index (Phi) is 3.95. The van der Waals surface area contributed by atoms with Crippen molar-refractivity contribution in [2.24, 2.45) is 0 Å². The van der Waals surface area contributed by atoms with E-state index in [4.69, 9.17) is 5.73 Å². The van der Waals surface area contributed by atoms with Crippen molar-refractivity contribution < 1.29 is 18.6 Å². The summed E-state index contributed by atoms with van der Waals surface area (Å²) in [6.45, 7) is 2.37. The Morgan fingerprint density at radius 2 is 2.00 bits per heavy atom. The Labute approximate surface area is 118 Å². The number of sulfonamides is 1. The number of nitrogens with zero attached hydrogens (tertiary/aromatic N) is 1. The van der Waals surface area contributed by atoms with Gasteiger partial charge in [-0.25, -0.2) is 8.42 Å². The Morgan fingerprint density at radius 1 is 1.30 bits per heavy atom. The van der Waals surface area contributed by atoms with Crippen molar-refractivity contribution in [3.8, 4) is 5.75 Å². The van der Waals surface area contributed by atoms with Gasteiger partial charge in [-0.1, -0.05) is 0 Å². The molecule has 0 spiro atoms. The standard InChI is InChI=1S/C13H20N2O4S/c1-13(17)5-2-7-15(8-6-13)20(18,19)10-3-4-12(16)11(14)9-10/h3-4,9,16-17H,2,5-8,14H2,1H3. The Bertz CT molecular complexity index is 598. The van der Waals surface area contributed by atoms with Gasteiger partial charge in [0.05, 0.1) is 16.2 Å². The number of hydrogen-bond acceptors (Lipinski definition) is 5. The summed E-state index contributed by atoms with van der Waals surface area (Å²) in [5, 5.41) is 19.4. The largest absolute Gasteiger partial charge is 0.506 e. The van der Waals surface area contributed by atoms with E-state index in [1.165, 1.54) is 22.5 Å². The van der Waals surface area contributed by atoms with Gasteiger partial charge < -0.3 is 15.9 Å². The van der Waals surface area contributed by atoms with Crippen LogP contribution in [0.15, 0.2) is 23.1 Å². The monoisotopic (exact) mass is 300 g/mol. The predicted octanol–water partition coefficient (Wildman–Crippen LogP) is 0.900. The van der Waals surface area contributed by atoms with Gasteiger partial charge in [0.2, 0.25) is 10.0 Å². The summed E-state index contributed by atoms with van der Waals surface area (Å²) < 4.78 is 26.4. The molecular weight excluding hydrogens is 280 g/mol. The minimum atomic E-state index is -3.64. The molecular formula is C13H20N2O4S. The van der Waals surface area contributed by atoms with Crippen LogP contribution in [0.3, 0.4) is 0 Å². The number of anilines is 1. The maximum absolute atomic E-state index is 12.5. The maximum atomic E-state index is 12.5. The molecule has 0 aromatic heterocycles. The topological polar surface area (TPSA) is 104 Å². The van der Waals surface area contributed by atoms with E-state index in [1.807, 2.05) is 0 Å². The number of rotatable bonds is 2. The van der Waals surface area contributed by atoms with Gasteiger partial charge in [0.1, 0.15) is 5.75 Å². The molecule has 1 saturated heterocycles. The van der Waals surface area contributed by atoms with E-state index in [9.17, 15) is 18.6 Å². The molecule has 4 N–H and O–H groups in total. The van der Waals surface area contributed by atoms with Gasteiger partial charge in [0.25, 0.3) is 0 Å². The summed E-state index contributed by atoms with van der Waals surface area (Å²) in [5.74, 6) is -0.136. The summed E-state index contributed by atoms with van der Waals surface area (Å²) in [6.07, 6.45) is 1.59. The predicted molar refractivity (Wildman–Crippen MR) is 75.8 cm³/mol. The number of phenols is 1. The number of nitrogen functional groups attached to an aromatic ring is 1. The van der Waals surface area contributed by atoms with Gasteiger partial charge in [-0.2, -0.15) is 4.31 Å². The first-order valence-corrected chi connectivity index (χ1v) is 7.97. The molecule has 1 aliphatic heterocycles. The minimum absolute atomic E-state index is 0.0351. The molecule has 1 atom stereocenters. The van der Waals surface area contributed by atoms with Crippen molar-refractivity contribution in [3.63, 3.8) is 0 Å². The molecule has 1 aliphatic rings. The Hall–Kier alpha value is -1.31. The highest BCUT2D eigenvalue weighted by atomic mass is 32.2. The fourth-order valence-corrected chi connectivity index (χ4v) is 3.84. The summed E-state index contributed by atoms with van der Waals surface area (Å²) in [6, 6.07) is 3.87. The van der Waals surface area contributed by atoms with Crippen molar-refractivity contribution in [3.05, 3.63) is 18.2 Å². The molecule has 1 fully saturated rings. The zero-order chi connectivity index (χ0) is 15.0. The zero-order valence-corrected chi connectivity index (χ0v) is 12.2. The molecule has 6 nitrogen and oxygen atoms in total. The first-order valence-electron chi connectivity index (χ1n) is 6.53. The average molecular weight is 300 g/mol. The van der Waals surface area contributed by atoms with Crippen LogP contribution in [-0.4, -0.2) is 41.6 Å². The normalized spacial score (nSPS) is 25.3. The molecule has 0 amide bonds. The van der Waals surface area contributed by atoms with Crippen LogP contribution in [-0.2, 0) is 10.0 Å². The van der Waals surface area contributed by atoms with E-state index in [-0.39, 0.29) is 22.9 Å². The first-order chi connectivity index (χ1) is 9.22. The fourth-order valence-electron chi connectivity index (χ4n) is 2.32. The molecule has 20 heavy (non-hydrogen) atoms. The van der Waals surface area contributed by atoms with Crippen LogP contribution in [0.4, 0.5) is 5.69 Å². The molecule has 1 unspecified atom stereocenters. The van der Waals surface area contributed by atoms with Crippen molar-refractivity contribution in [2.75, 3.05) is 18.8 Å². The van der Waals surface area contributed by atoms with Crippen molar-refractivity contribution >= 4 is 15.7 Å². The molecule has 1 heterocycles. The SMILES string of the molecule is CC1(O)CCCN(S(=O)(=O)c2ccc(O)c(N)c2)CC1. The summed E-state index contributed by atoms with van der Waals surface area (Å²) in [7, 11) is -3.64. The molecule has 0 aliphatic carbocycles. The number of hydrogen-bond donors (Lipinski definition) is 3. The van der Waals surface area contributed by atoms with Gasteiger partial charge in [-0.3, -0.25) is 0 Å². The third kappa shape index (κ3) is 3.05. The van der Waals surface area contributed by atoms with E-state index < -0.39 is 15.6 Å². The van der Waals surface area contributed by atoms with Crippen molar-refractivity contribution in [1.82, 2.24) is 4.31 Å². The van der Waals surface area contributed by atoms with Gasteiger partial charge in [-0.15, -0.1) is 0 Å².